The first-order valence-electron chi connectivity index (χ1n) is 6.47. The van der Waals surface area contributed by atoms with Crippen molar-refractivity contribution in [3.8, 4) is 5.75 Å². The van der Waals surface area contributed by atoms with E-state index in [1.54, 1.807) is 4.90 Å². The van der Waals surface area contributed by atoms with Crippen LogP contribution in [0.1, 0.15) is 30.6 Å². The van der Waals surface area contributed by atoms with Crippen LogP contribution < -0.4 is 4.74 Å². The molecule has 0 heterocycles. The molecule has 1 amide bonds. The van der Waals surface area contributed by atoms with E-state index in [1.165, 1.54) is 12.1 Å². The quantitative estimate of drug-likeness (QED) is 0.739. The third kappa shape index (κ3) is 5.83. The Hall–Kier alpha value is -1.43. The summed E-state index contributed by atoms with van der Waals surface area (Å²) in [6.45, 7) is 4.24. The van der Waals surface area contributed by atoms with Gasteiger partial charge in [-0.15, -0.1) is 24.8 Å². The molecule has 0 unspecified atom stereocenters. The summed E-state index contributed by atoms with van der Waals surface area (Å²) < 4.78 is 40.0. The molecule has 0 bridgehead atoms. The Morgan fingerprint density at radius 3 is 2.29 bits per heavy atom. The summed E-state index contributed by atoms with van der Waals surface area (Å²) in [6.07, 6.45) is -4.09. The Balaban J connectivity index is 2.81. The largest absolute Gasteiger partial charge is 0.573 e. The van der Waals surface area contributed by atoms with Crippen molar-refractivity contribution in [1.82, 2.24) is 4.90 Å². The van der Waals surface area contributed by atoms with Gasteiger partial charge in [0.15, 0.2) is 0 Å². The second kappa shape index (κ2) is 7.54. The molecule has 1 rings (SSSR count). The van der Waals surface area contributed by atoms with Gasteiger partial charge in [0.2, 0.25) is 0 Å². The lowest BCUT2D eigenvalue weighted by atomic mass is 10.1. The van der Waals surface area contributed by atoms with Gasteiger partial charge in [0.05, 0.1) is 0 Å². The standard InChI is InChI=1S/C14H17ClF3NO2/c1-10(2)19(9-3-8-15)13(20)11-4-6-12(7-5-11)21-14(16,17)18/h4-7,10H,3,8-9H2,1-2H3. The zero-order valence-corrected chi connectivity index (χ0v) is 12.5. The minimum atomic E-state index is -4.74. The summed E-state index contributed by atoms with van der Waals surface area (Å²) >= 11 is 5.62. The Morgan fingerprint density at radius 1 is 1.29 bits per heavy atom. The van der Waals surface area contributed by atoms with E-state index in [4.69, 9.17) is 11.6 Å². The monoisotopic (exact) mass is 323 g/mol. The highest BCUT2D eigenvalue weighted by Gasteiger charge is 2.31. The third-order valence-electron chi connectivity index (χ3n) is 2.75. The van der Waals surface area contributed by atoms with Gasteiger partial charge < -0.3 is 9.64 Å². The van der Waals surface area contributed by atoms with Gasteiger partial charge in [0.25, 0.3) is 5.91 Å². The first kappa shape index (κ1) is 17.6. The Morgan fingerprint density at radius 2 is 1.86 bits per heavy atom. The fourth-order valence-corrected chi connectivity index (χ4v) is 1.91. The molecule has 0 fully saturated rings. The molecule has 0 atom stereocenters. The van der Waals surface area contributed by atoms with Crippen molar-refractivity contribution in [2.24, 2.45) is 0 Å². The lowest BCUT2D eigenvalue weighted by molar-refractivity contribution is -0.274. The van der Waals surface area contributed by atoms with Crippen LogP contribution in [0.2, 0.25) is 0 Å². The van der Waals surface area contributed by atoms with E-state index in [1.807, 2.05) is 13.8 Å². The summed E-state index contributed by atoms with van der Waals surface area (Å²) in [5.74, 6) is -0.154. The van der Waals surface area contributed by atoms with Crippen LogP contribution in [-0.2, 0) is 0 Å². The predicted octanol–water partition coefficient (Wildman–Crippen LogP) is 4.06. The molecule has 0 spiro atoms. The Bertz CT molecular complexity index is 460. The zero-order valence-electron chi connectivity index (χ0n) is 11.8. The first-order valence-corrected chi connectivity index (χ1v) is 7.01. The van der Waals surface area contributed by atoms with Crippen LogP contribution in [0, 0.1) is 0 Å². The normalized spacial score (nSPS) is 11.6. The number of halogens is 4. The maximum atomic E-state index is 12.3. The van der Waals surface area contributed by atoms with Crippen LogP contribution >= 0.6 is 11.6 Å². The smallest absolute Gasteiger partial charge is 0.406 e. The van der Waals surface area contributed by atoms with Gasteiger partial charge in [-0.25, -0.2) is 0 Å². The molecular formula is C14H17ClF3NO2. The Kier molecular flexibility index (Phi) is 6.33. The molecule has 0 saturated heterocycles. The van der Waals surface area contributed by atoms with Crippen LogP contribution in [0.25, 0.3) is 0 Å². The minimum absolute atomic E-state index is 0.0215. The highest BCUT2D eigenvalue weighted by molar-refractivity contribution is 6.17. The molecule has 1 aromatic rings. The van der Waals surface area contributed by atoms with E-state index in [2.05, 4.69) is 4.74 Å². The van der Waals surface area contributed by atoms with Crippen molar-refractivity contribution in [1.29, 1.82) is 0 Å². The summed E-state index contributed by atoms with van der Waals surface area (Å²) in [5.41, 5.74) is 0.313. The van der Waals surface area contributed by atoms with E-state index in [9.17, 15) is 18.0 Å². The number of alkyl halides is 4. The van der Waals surface area contributed by atoms with Gasteiger partial charge in [-0.2, -0.15) is 0 Å². The number of nitrogens with zero attached hydrogens (tertiary/aromatic N) is 1. The SMILES string of the molecule is CC(C)N(CCCCl)C(=O)c1ccc(OC(F)(F)F)cc1. The predicted molar refractivity (Wildman–Crippen MR) is 74.6 cm³/mol. The van der Waals surface area contributed by atoms with Crippen molar-refractivity contribution < 1.29 is 22.7 Å². The second-order valence-electron chi connectivity index (χ2n) is 4.71. The number of hydrogen-bond donors (Lipinski definition) is 0. The van der Waals surface area contributed by atoms with Crippen molar-refractivity contribution >= 4 is 17.5 Å². The fourth-order valence-electron chi connectivity index (χ4n) is 1.79. The van der Waals surface area contributed by atoms with Crippen molar-refractivity contribution in [2.45, 2.75) is 32.7 Å². The molecule has 0 aliphatic heterocycles. The number of carbonyl (C=O) groups is 1. The van der Waals surface area contributed by atoms with Crippen LogP contribution in [0.4, 0.5) is 13.2 Å². The van der Waals surface area contributed by atoms with E-state index in [0.29, 0.717) is 24.4 Å². The molecule has 0 aromatic heterocycles. The second-order valence-corrected chi connectivity index (χ2v) is 5.08. The maximum Gasteiger partial charge on any atom is 0.573 e. The van der Waals surface area contributed by atoms with Gasteiger partial charge in [0, 0.05) is 24.0 Å². The average Bonchev–Trinajstić information content (AvgIpc) is 2.37. The van der Waals surface area contributed by atoms with Crippen molar-refractivity contribution in [2.75, 3.05) is 12.4 Å². The van der Waals surface area contributed by atoms with Crippen LogP contribution in [-0.4, -0.2) is 35.6 Å². The summed E-state index contributed by atoms with van der Waals surface area (Å²) in [7, 11) is 0. The minimum Gasteiger partial charge on any atom is -0.406 e. The molecular weight excluding hydrogens is 307 g/mol. The van der Waals surface area contributed by atoms with E-state index < -0.39 is 6.36 Å². The van der Waals surface area contributed by atoms with Crippen LogP contribution in [0.5, 0.6) is 5.75 Å². The van der Waals surface area contributed by atoms with Gasteiger partial charge in [-0.05, 0) is 44.5 Å². The molecule has 0 radical (unpaired) electrons. The number of hydrogen-bond acceptors (Lipinski definition) is 2. The summed E-state index contributed by atoms with van der Waals surface area (Å²) in [6, 6.07) is 4.87. The molecule has 0 N–H and O–H groups in total. The van der Waals surface area contributed by atoms with Crippen LogP contribution in [0.3, 0.4) is 0 Å². The number of amides is 1. The number of benzene rings is 1. The highest BCUT2D eigenvalue weighted by atomic mass is 35.5. The van der Waals surface area contributed by atoms with E-state index in [-0.39, 0.29) is 17.7 Å². The third-order valence-corrected chi connectivity index (χ3v) is 3.02. The molecule has 7 heteroatoms. The lowest BCUT2D eigenvalue weighted by Gasteiger charge is -2.26. The summed E-state index contributed by atoms with van der Waals surface area (Å²) in [5, 5.41) is 0. The molecule has 3 nitrogen and oxygen atoms in total. The van der Waals surface area contributed by atoms with E-state index >= 15 is 0 Å². The molecule has 21 heavy (non-hydrogen) atoms. The maximum absolute atomic E-state index is 12.3. The zero-order chi connectivity index (χ0) is 16.0. The van der Waals surface area contributed by atoms with E-state index in [0.717, 1.165) is 12.1 Å². The molecule has 1 aromatic carbocycles. The van der Waals surface area contributed by atoms with Crippen molar-refractivity contribution in [3.63, 3.8) is 0 Å². The lowest BCUT2D eigenvalue weighted by Crippen LogP contribution is -2.37. The van der Waals surface area contributed by atoms with Gasteiger partial charge in [-0.1, -0.05) is 0 Å². The fraction of sp³-hybridized carbons (Fsp3) is 0.500. The van der Waals surface area contributed by atoms with Gasteiger partial charge >= 0.3 is 6.36 Å². The molecule has 0 saturated carbocycles. The first-order chi connectivity index (χ1) is 9.74. The molecule has 0 aliphatic rings. The molecule has 0 aliphatic carbocycles. The van der Waals surface area contributed by atoms with Gasteiger partial charge in [0.1, 0.15) is 5.75 Å². The molecule has 118 valence electrons. The number of ether oxygens (including phenoxy) is 1. The van der Waals surface area contributed by atoms with Gasteiger partial charge in [-0.3, -0.25) is 4.79 Å². The summed E-state index contributed by atoms with van der Waals surface area (Å²) in [4.78, 5) is 13.9. The topological polar surface area (TPSA) is 29.5 Å². The Labute approximate surface area is 126 Å². The average molecular weight is 324 g/mol. The number of rotatable bonds is 6. The number of carbonyl (C=O) groups excluding carboxylic acids is 1. The highest BCUT2D eigenvalue weighted by Crippen LogP contribution is 2.23. The van der Waals surface area contributed by atoms with Crippen LogP contribution in [0.15, 0.2) is 24.3 Å². The van der Waals surface area contributed by atoms with Crippen molar-refractivity contribution in [3.05, 3.63) is 29.8 Å².